The molecule has 0 bridgehead atoms. The molecule has 0 fully saturated rings. The topological polar surface area (TPSA) is 30.5 Å². The maximum Gasteiger partial charge on any atom is 0.155 e. The Morgan fingerprint density at radius 3 is 3.00 bits per heavy atom. The molecule has 0 saturated heterocycles. The molecule has 1 N–H and O–H groups in total. The average molecular weight is 100 g/mol. The average Bonchev–Trinajstić information content (AvgIpc) is 2.14. The minimum atomic E-state index is 0.708. The smallest absolute Gasteiger partial charge is 0.155 e. The fraction of sp³-hybridized carbons (Fsp3) is 0.250. The van der Waals surface area contributed by atoms with Gasteiger partial charge < -0.3 is 9.57 Å². The van der Waals surface area contributed by atoms with Gasteiger partial charge in [-0.15, -0.1) is 5.48 Å². The number of hydrogen-bond acceptors (Lipinski definition) is 3. The fourth-order valence-electron chi connectivity index (χ4n) is 0.325. The summed E-state index contributed by atoms with van der Waals surface area (Å²) in [7, 11) is 1.58. The molecule has 1 rings (SSSR count). The first-order valence-corrected chi connectivity index (χ1v) is 1.92. The Balaban J connectivity index is 2.36. The van der Waals surface area contributed by atoms with E-state index >= 15 is 0 Å². The molecule has 0 aromatic heterocycles. The van der Waals surface area contributed by atoms with Gasteiger partial charge in [0.05, 0.1) is 7.11 Å². The molecular weight excluding hydrogens is 94.0 g/mol. The minimum absolute atomic E-state index is 0.708. The van der Waals surface area contributed by atoms with Gasteiger partial charge in [-0.3, -0.25) is 0 Å². The summed E-state index contributed by atoms with van der Waals surface area (Å²) in [5.41, 5.74) is 2.48. The fourth-order valence-corrected chi connectivity index (χ4v) is 0.325. The lowest BCUT2D eigenvalue weighted by atomic mass is 10.6. The van der Waals surface area contributed by atoms with Gasteiger partial charge in [0.2, 0.25) is 0 Å². The molecule has 7 heavy (non-hydrogen) atoms. The lowest BCUT2D eigenvalue weighted by molar-refractivity contribution is 0.184. The molecule has 1 radical (unpaired) electrons. The molecule has 0 aliphatic carbocycles. The van der Waals surface area contributed by atoms with E-state index in [1.807, 2.05) is 0 Å². The van der Waals surface area contributed by atoms with Gasteiger partial charge in [0, 0.05) is 0 Å². The third-order valence-corrected chi connectivity index (χ3v) is 0.680. The van der Waals surface area contributed by atoms with Crippen molar-refractivity contribution in [3.8, 4) is 0 Å². The minimum Gasteiger partial charge on any atom is -0.496 e. The highest BCUT2D eigenvalue weighted by Crippen LogP contribution is 2.02. The van der Waals surface area contributed by atoms with Gasteiger partial charge in [0.25, 0.3) is 0 Å². The number of rotatable bonds is 1. The molecule has 0 aromatic rings. The molecular formula is C4H6NO2. The van der Waals surface area contributed by atoms with Crippen molar-refractivity contribution in [3.63, 3.8) is 0 Å². The molecule has 1 heterocycles. The normalized spacial score (nSPS) is 18.1. The van der Waals surface area contributed by atoms with Crippen LogP contribution in [0.2, 0.25) is 0 Å². The van der Waals surface area contributed by atoms with E-state index in [9.17, 15) is 0 Å². The van der Waals surface area contributed by atoms with Crippen molar-refractivity contribution in [2.75, 3.05) is 7.11 Å². The van der Waals surface area contributed by atoms with Crippen LogP contribution in [0.4, 0.5) is 0 Å². The second-order valence-corrected chi connectivity index (χ2v) is 1.10. The molecule has 1 aliphatic rings. The Labute approximate surface area is 41.9 Å². The van der Waals surface area contributed by atoms with Gasteiger partial charge >= 0.3 is 0 Å². The summed E-state index contributed by atoms with van der Waals surface area (Å²) in [6.45, 7) is 1.62. The van der Waals surface area contributed by atoms with Gasteiger partial charge in [0.1, 0.15) is 6.54 Å². The zero-order valence-electron chi connectivity index (χ0n) is 3.97. The Morgan fingerprint density at radius 2 is 2.71 bits per heavy atom. The number of nitrogens with one attached hydrogen (secondary N) is 1. The molecule has 0 amide bonds. The van der Waals surface area contributed by atoms with Crippen molar-refractivity contribution in [3.05, 3.63) is 18.6 Å². The third-order valence-electron chi connectivity index (χ3n) is 0.680. The second kappa shape index (κ2) is 1.84. The van der Waals surface area contributed by atoms with Crippen molar-refractivity contribution < 1.29 is 9.57 Å². The number of ether oxygens (including phenoxy) is 1. The highest BCUT2D eigenvalue weighted by atomic mass is 16.7. The first kappa shape index (κ1) is 4.46. The molecule has 3 nitrogen and oxygen atoms in total. The lowest BCUT2D eigenvalue weighted by Crippen LogP contribution is -1.99. The molecule has 0 unspecified atom stereocenters. The van der Waals surface area contributed by atoms with E-state index in [0.717, 1.165) is 0 Å². The van der Waals surface area contributed by atoms with E-state index in [0.29, 0.717) is 5.76 Å². The van der Waals surface area contributed by atoms with E-state index in [4.69, 9.17) is 4.74 Å². The first-order chi connectivity index (χ1) is 3.43. The summed E-state index contributed by atoms with van der Waals surface area (Å²) >= 11 is 0. The molecule has 39 valence electrons. The summed E-state index contributed by atoms with van der Waals surface area (Å²) in [4.78, 5) is 4.56. The summed E-state index contributed by atoms with van der Waals surface area (Å²) in [6.07, 6.45) is 1.49. The van der Waals surface area contributed by atoms with Crippen LogP contribution in [0.25, 0.3) is 0 Å². The first-order valence-electron chi connectivity index (χ1n) is 1.92. The predicted molar refractivity (Wildman–Crippen MR) is 23.6 cm³/mol. The highest BCUT2D eigenvalue weighted by molar-refractivity contribution is 5.02. The SMILES string of the molecule is COC1=CON[CH]1. The van der Waals surface area contributed by atoms with Crippen LogP contribution in [-0.2, 0) is 9.57 Å². The van der Waals surface area contributed by atoms with Gasteiger partial charge in [0.15, 0.2) is 12.0 Å². The van der Waals surface area contributed by atoms with Gasteiger partial charge in [-0.2, -0.15) is 0 Å². The number of methoxy groups -OCH3 is 1. The van der Waals surface area contributed by atoms with Crippen molar-refractivity contribution in [1.29, 1.82) is 0 Å². The van der Waals surface area contributed by atoms with Crippen molar-refractivity contribution in [2.45, 2.75) is 0 Å². The van der Waals surface area contributed by atoms with E-state index < -0.39 is 0 Å². The summed E-state index contributed by atoms with van der Waals surface area (Å²) < 4.78 is 4.73. The summed E-state index contributed by atoms with van der Waals surface area (Å²) in [5.74, 6) is 0.708. The van der Waals surface area contributed by atoms with Crippen molar-refractivity contribution in [1.82, 2.24) is 5.48 Å². The predicted octanol–water partition coefficient (Wildman–Crippen LogP) is 0.171. The molecule has 0 aromatic carbocycles. The monoisotopic (exact) mass is 100 g/mol. The maximum absolute atomic E-state index is 4.73. The summed E-state index contributed by atoms with van der Waals surface area (Å²) in [5, 5.41) is 0. The molecule has 0 spiro atoms. The third kappa shape index (κ3) is 0.838. The van der Waals surface area contributed by atoms with Crippen LogP contribution in [-0.4, -0.2) is 7.11 Å². The standard InChI is InChI=1S/C4H6NO2/c1-6-4-2-5-7-3-4/h2-3,5H,1H3. The van der Waals surface area contributed by atoms with Crippen LogP contribution in [0.3, 0.4) is 0 Å². The Kier molecular flexibility index (Phi) is 1.17. The van der Waals surface area contributed by atoms with E-state index in [1.54, 1.807) is 13.7 Å². The second-order valence-electron chi connectivity index (χ2n) is 1.10. The van der Waals surface area contributed by atoms with Crippen LogP contribution in [0.1, 0.15) is 0 Å². The Bertz CT molecular complexity index is 89.7. The van der Waals surface area contributed by atoms with Crippen LogP contribution < -0.4 is 5.48 Å². The Hall–Kier alpha value is -0.700. The number of hydrogen-bond donors (Lipinski definition) is 1. The van der Waals surface area contributed by atoms with Crippen LogP contribution in [0.5, 0.6) is 0 Å². The lowest BCUT2D eigenvalue weighted by Gasteiger charge is -1.90. The maximum atomic E-state index is 4.73. The van der Waals surface area contributed by atoms with Crippen LogP contribution in [0, 0.1) is 6.54 Å². The Morgan fingerprint density at radius 1 is 1.86 bits per heavy atom. The van der Waals surface area contributed by atoms with Gasteiger partial charge in [-0.1, -0.05) is 0 Å². The molecule has 1 aliphatic heterocycles. The van der Waals surface area contributed by atoms with Gasteiger partial charge in [-0.25, -0.2) is 0 Å². The largest absolute Gasteiger partial charge is 0.496 e. The molecule has 0 atom stereocenters. The summed E-state index contributed by atoms with van der Waals surface area (Å²) in [6, 6.07) is 0. The van der Waals surface area contributed by atoms with Crippen LogP contribution in [0.15, 0.2) is 12.0 Å². The quantitative estimate of drug-likeness (QED) is 0.509. The molecule has 3 heteroatoms. The zero-order chi connectivity index (χ0) is 5.11. The highest BCUT2D eigenvalue weighted by Gasteiger charge is 2.02. The van der Waals surface area contributed by atoms with Gasteiger partial charge in [-0.05, 0) is 0 Å². The van der Waals surface area contributed by atoms with Crippen molar-refractivity contribution >= 4 is 0 Å². The zero-order valence-corrected chi connectivity index (χ0v) is 3.97. The van der Waals surface area contributed by atoms with Crippen molar-refractivity contribution in [2.24, 2.45) is 0 Å². The van der Waals surface area contributed by atoms with Crippen LogP contribution >= 0.6 is 0 Å². The van der Waals surface area contributed by atoms with E-state index in [2.05, 4.69) is 10.3 Å². The number of hydroxylamine groups is 1. The van der Waals surface area contributed by atoms with E-state index in [1.165, 1.54) is 6.26 Å². The van der Waals surface area contributed by atoms with E-state index in [-0.39, 0.29) is 0 Å². The molecule has 0 saturated carbocycles.